The second-order valence-electron chi connectivity index (χ2n) is 6.04. The van der Waals surface area contributed by atoms with E-state index < -0.39 is 0 Å². The number of hydrogen-bond acceptors (Lipinski definition) is 6. The average Bonchev–Trinajstić information content (AvgIpc) is 2.46. The molecule has 0 aliphatic rings. The van der Waals surface area contributed by atoms with E-state index in [-0.39, 0.29) is 16.5 Å². The van der Waals surface area contributed by atoms with Gasteiger partial charge in [-0.05, 0) is 49.2 Å². The summed E-state index contributed by atoms with van der Waals surface area (Å²) in [6, 6.07) is 8.11. The van der Waals surface area contributed by atoms with Gasteiger partial charge in [-0.3, -0.25) is 0 Å². The van der Waals surface area contributed by atoms with Crippen molar-refractivity contribution >= 4 is 61.9 Å². The Hall–Kier alpha value is -0.0665. The molecule has 0 radical (unpaired) electrons. The maximum atomic E-state index is 4.31. The Morgan fingerprint density at radius 3 is 1.04 bits per heavy atom. The summed E-state index contributed by atoms with van der Waals surface area (Å²) in [5.41, 5.74) is 4.83. The Morgan fingerprint density at radius 2 is 0.800 bits per heavy atom. The second-order valence-corrected chi connectivity index (χ2v) is 7.97. The first-order chi connectivity index (χ1) is 11.0. The zero-order chi connectivity index (χ0) is 18.6. The molecule has 0 amide bonds. The molecule has 2 nitrogen and oxygen atoms in total. The van der Waals surface area contributed by atoms with Gasteiger partial charge in [-0.1, -0.05) is 0 Å². The summed E-state index contributed by atoms with van der Waals surface area (Å²) in [5.74, 6) is 0. The summed E-state index contributed by atoms with van der Waals surface area (Å²) in [6.45, 7) is 4.14. The van der Waals surface area contributed by atoms with Crippen LogP contribution in [0, 0.1) is 13.8 Å². The Labute approximate surface area is 184 Å². The van der Waals surface area contributed by atoms with Crippen LogP contribution in [0.25, 0.3) is 0 Å². The molecule has 0 fully saturated rings. The molecule has 7 heteroatoms. The third-order valence-electron chi connectivity index (χ3n) is 3.55. The Kier molecular flexibility index (Phi) is 10.9. The fourth-order valence-corrected chi connectivity index (χ4v) is 3.19. The Bertz CT molecular complexity index is 657. The van der Waals surface area contributed by atoms with Crippen LogP contribution in [0.2, 0.25) is 0 Å². The first-order valence-corrected chi connectivity index (χ1v) is 9.23. The summed E-state index contributed by atoms with van der Waals surface area (Å²) in [5, 5.41) is 0. The van der Waals surface area contributed by atoms with Crippen molar-refractivity contribution in [2.24, 2.45) is 0 Å². The number of anilines is 2. The molecule has 0 aliphatic carbocycles. The quantitative estimate of drug-likeness (QED) is 0.361. The normalized spacial score (nSPS) is 9.68. The largest absolute Gasteiger partial charge is 0.377 e. The van der Waals surface area contributed by atoms with E-state index in [1.807, 2.05) is 52.5 Å². The van der Waals surface area contributed by atoms with E-state index >= 15 is 0 Å². The number of benzene rings is 2. The molecule has 0 saturated heterocycles. The van der Waals surface area contributed by atoms with E-state index in [0.29, 0.717) is 0 Å². The van der Waals surface area contributed by atoms with Gasteiger partial charge in [0.25, 0.3) is 0 Å². The molecule has 2 aromatic rings. The van der Waals surface area contributed by atoms with Crippen molar-refractivity contribution in [3.05, 3.63) is 35.4 Å². The van der Waals surface area contributed by atoms with Crippen LogP contribution in [-0.2, 0) is 16.5 Å². The van der Waals surface area contributed by atoms with Crippen LogP contribution in [0.1, 0.15) is 11.1 Å². The van der Waals surface area contributed by atoms with Crippen molar-refractivity contribution in [2.45, 2.75) is 33.4 Å². The zero-order valence-corrected chi connectivity index (χ0v) is 19.9. The minimum Gasteiger partial charge on any atom is -0.377 e. The predicted molar refractivity (Wildman–Crippen MR) is 120 cm³/mol. The van der Waals surface area contributed by atoms with Crippen LogP contribution in [0.5, 0.6) is 0 Å². The van der Waals surface area contributed by atoms with Gasteiger partial charge in [0.2, 0.25) is 0 Å². The minimum atomic E-state index is 0. The van der Waals surface area contributed by atoms with Gasteiger partial charge in [-0.25, -0.2) is 0 Å². The number of aryl methyl sites for hydroxylation is 2. The van der Waals surface area contributed by atoms with Gasteiger partial charge >= 0.3 is 0 Å². The SMILES string of the molecule is Cc1cc(S)c(S)cc1N(C)C.Cc1cc(S)c(S)cc1N(C)C.[Ni]. The molecule has 0 N–H and O–H groups in total. The molecule has 0 aromatic heterocycles. The second kappa shape index (κ2) is 10.9. The third kappa shape index (κ3) is 7.22. The summed E-state index contributed by atoms with van der Waals surface area (Å²) < 4.78 is 0. The topological polar surface area (TPSA) is 6.48 Å². The van der Waals surface area contributed by atoms with Crippen LogP contribution >= 0.6 is 50.5 Å². The van der Waals surface area contributed by atoms with Crippen LogP contribution in [-0.4, -0.2) is 28.2 Å². The van der Waals surface area contributed by atoms with Gasteiger partial charge in [0.1, 0.15) is 0 Å². The van der Waals surface area contributed by atoms with Gasteiger partial charge < -0.3 is 9.80 Å². The molecule has 0 heterocycles. The molecule has 0 atom stereocenters. The van der Waals surface area contributed by atoms with Crippen molar-refractivity contribution in [1.82, 2.24) is 0 Å². The number of nitrogens with zero attached hydrogens (tertiary/aromatic N) is 2. The van der Waals surface area contributed by atoms with Gasteiger partial charge in [0, 0.05) is 75.6 Å². The molecule has 0 unspecified atom stereocenters. The predicted octanol–water partition coefficient (Wildman–Crippen LogP) is 5.27. The molecule has 0 spiro atoms. The monoisotopic (exact) mass is 456 g/mol. The fraction of sp³-hybridized carbons (Fsp3) is 0.333. The third-order valence-corrected chi connectivity index (χ3v) is 5.38. The van der Waals surface area contributed by atoms with Crippen molar-refractivity contribution < 1.29 is 16.5 Å². The first-order valence-electron chi connectivity index (χ1n) is 7.44. The maximum Gasteiger partial charge on any atom is 0.0402 e. The van der Waals surface area contributed by atoms with E-state index in [0.717, 1.165) is 19.6 Å². The molecule has 0 aliphatic heterocycles. The van der Waals surface area contributed by atoms with E-state index in [4.69, 9.17) is 0 Å². The van der Waals surface area contributed by atoms with E-state index in [9.17, 15) is 0 Å². The Balaban J connectivity index is 0.000000443. The van der Waals surface area contributed by atoms with Crippen molar-refractivity contribution in [2.75, 3.05) is 38.0 Å². The van der Waals surface area contributed by atoms with Crippen LogP contribution in [0.3, 0.4) is 0 Å². The minimum absolute atomic E-state index is 0. The standard InChI is InChI=1S/2C9H13NS2.Ni/c2*1-6-4-8(11)9(12)5-7(6)10(2)3;/h2*4-5,11-12H,1-3H3;. The molecular formula is C18H26N2NiS4. The van der Waals surface area contributed by atoms with Gasteiger partial charge in [0.15, 0.2) is 0 Å². The van der Waals surface area contributed by atoms with Crippen LogP contribution in [0.4, 0.5) is 11.4 Å². The average molecular weight is 457 g/mol. The maximum absolute atomic E-state index is 4.31. The van der Waals surface area contributed by atoms with Crippen LogP contribution < -0.4 is 9.80 Å². The molecule has 0 bridgehead atoms. The number of hydrogen-bond donors (Lipinski definition) is 4. The van der Waals surface area contributed by atoms with Crippen molar-refractivity contribution in [3.63, 3.8) is 0 Å². The molecule has 25 heavy (non-hydrogen) atoms. The summed E-state index contributed by atoms with van der Waals surface area (Å²) >= 11 is 17.2. The number of rotatable bonds is 2. The molecule has 2 aromatic carbocycles. The van der Waals surface area contributed by atoms with Crippen molar-refractivity contribution in [1.29, 1.82) is 0 Å². The van der Waals surface area contributed by atoms with Gasteiger partial charge in [0.05, 0.1) is 0 Å². The van der Waals surface area contributed by atoms with E-state index in [2.05, 4.69) is 74.2 Å². The van der Waals surface area contributed by atoms with E-state index in [1.165, 1.54) is 22.5 Å². The fourth-order valence-electron chi connectivity index (χ4n) is 2.30. The van der Waals surface area contributed by atoms with Crippen molar-refractivity contribution in [3.8, 4) is 0 Å². The van der Waals surface area contributed by atoms with Crippen LogP contribution in [0.15, 0.2) is 43.8 Å². The van der Waals surface area contributed by atoms with Gasteiger partial charge in [-0.15, -0.1) is 50.5 Å². The van der Waals surface area contributed by atoms with Gasteiger partial charge in [-0.2, -0.15) is 0 Å². The summed E-state index contributed by atoms with van der Waals surface area (Å²) in [6.07, 6.45) is 0. The van der Waals surface area contributed by atoms with E-state index in [1.54, 1.807) is 0 Å². The molecular weight excluding hydrogens is 431 g/mol. The summed E-state index contributed by atoms with van der Waals surface area (Å²) in [4.78, 5) is 7.85. The first kappa shape index (κ1) is 24.9. The molecule has 142 valence electrons. The summed E-state index contributed by atoms with van der Waals surface area (Å²) in [7, 11) is 8.09. The molecule has 2 rings (SSSR count). The molecule has 0 saturated carbocycles. The zero-order valence-electron chi connectivity index (χ0n) is 15.3. The number of thiol groups is 4. The Morgan fingerprint density at radius 1 is 0.560 bits per heavy atom. The smallest absolute Gasteiger partial charge is 0.0402 e.